The molecule has 0 amide bonds. The van der Waals surface area contributed by atoms with Gasteiger partial charge in [0.1, 0.15) is 0 Å². The molecule has 0 bridgehead atoms. The molecule has 2 atom stereocenters. The monoisotopic (exact) mass is 142 g/mol. The third-order valence-electron chi connectivity index (χ3n) is 2.01. The molecule has 1 fully saturated rings. The molecule has 10 heavy (non-hydrogen) atoms. The summed E-state index contributed by atoms with van der Waals surface area (Å²) in [5.41, 5.74) is 0. The quantitative estimate of drug-likeness (QED) is 0.520. The topological polar surface area (TPSA) is 26.3 Å². The fourth-order valence-electron chi connectivity index (χ4n) is 1.33. The Morgan fingerprint density at radius 3 is 2.40 bits per heavy atom. The first-order valence-corrected chi connectivity index (χ1v) is 3.81. The molecule has 0 aromatic rings. The van der Waals surface area contributed by atoms with Crippen molar-refractivity contribution in [3.63, 3.8) is 0 Å². The second-order valence-electron chi connectivity index (χ2n) is 3.33. The molecule has 1 saturated heterocycles. The Hall–Kier alpha value is -0.530. The molecule has 0 spiro atoms. The highest BCUT2D eigenvalue weighted by atomic mass is 16.5. The summed E-state index contributed by atoms with van der Waals surface area (Å²) in [4.78, 5) is 11.0. The molecule has 1 rings (SSSR count). The van der Waals surface area contributed by atoms with Crippen molar-refractivity contribution in [2.45, 2.75) is 33.3 Å². The maximum atomic E-state index is 11.0. The van der Waals surface area contributed by atoms with E-state index in [1.54, 1.807) is 0 Å². The normalized spacial score (nSPS) is 33.0. The van der Waals surface area contributed by atoms with Gasteiger partial charge in [0.15, 0.2) is 0 Å². The van der Waals surface area contributed by atoms with Gasteiger partial charge in [-0.1, -0.05) is 13.8 Å². The van der Waals surface area contributed by atoms with Crippen LogP contribution in [-0.4, -0.2) is 12.1 Å². The first kappa shape index (κ1) is 7.58. The Morgan fingerprint density at radius 2 is 2.20 bits per heavy atom. The van der Waals surface area contributed by atoms with Gasteiger partial charge in [-0.15, -0.1) is 0 Å². The minimum atomic E-state index is -0.0116. The van der Waals surface area contributed by atoms with Crippen LogP contribution in [0.4, 0.5) is 0 Å². The molecule has 0 saturated carbocycles. The van der Waals surface area contributed by atoms with Gasteiger partial charge >= 0.3 is 5.97 Å². The van der Waals surface area contributed by atoms with Crippen molar-refractivity contribution < 1.29 is 9.53 Å². The molecule has 58 valence electrons. The molecule has 0 N–H and O–H groups in total. The molecule has 2 nitrogen and oxygen atoms in total. The number of carbonyl (C=O) groups is 1. The predicted octanol–water partition coefficient (Wildman–Crippen LogP) is 1.59. The zero-order chi connectivity index (χ0) is 7.72. The van der Waals surface area contributed by atoms with Gasteiger partial charge in [0.2, 0.25) is 0 Å². The Bertz CT molecular complexity index is 140. The van der Waals surface area contributed by atoms with Crippen LogP contribution in [0.2, 0.25) is 0 Å². The summed E-state index contributed by atoms with van der Waals surface area (Å²) < 4.78 is 5.00. The first-order valence-electron chi connectivity index (χ1n) is 3.81. The predicted molar refractivity (Wildman–Crippen MR) is 38.5 cm³/mol. The van der Waals surface area contributed by atoms with Crippen molar-refractivity contribution in [3.05, 3.63) is 0 Å². The minimum Gasteiger partial charge on any atom is -0.462 e. The van der Waals surface area contributed by atoms with E-state index in [2.05, 4.69) is 13.8 Å². The maximum Gasteiger partial charge on any atom is 0.309 e. The summed E-state index contributed by atoms with van der Waals surface area (Å²) in [5, 5.41) is 0. The number of rotatable bonds is 1. The molecule has 2 heteroatoms. The Labute approximate surface area is 61.6 Å². The molecule has 0 radical (unpaired) electrons. The fourth-order valence-corrected chi connectivity index (χ4v) is 1.33. The standard InChI is InChI=1S/C8H14O2/c1-5(2)7-4-6(3)10-8(7)9/h5-7H,4H2,1-3H3. The Morgan fingerprint density at radius 1 is 1.60 bits per heavy atom. The molecule has 0 aromatic carbocycles. The molecule has 1 aliphatic heterocycles. The van der Waals surface area contributed by atoms with Gasteiger partial charge in [-0.25, -0.2) is 0 Å². The van der Waals surface area contributed by atoms with E-state index in [-0.39, 0.29) is 18.0 Å². The molecule has 1 heterocycles. The van der Waals surface area contributed by atoms with E-state index >= 15 is 0 Å². The van der Waals surface area contributed by atoms with Crippen LogP contribution in [0.25, 0.3) is 0 Å². The van der Waals surface area contributed by atoms with Gasteiger partial charge in [0.25, 0.3) is 0 Å². The van der Waals surface area contributed by atoms with Crippen LogP contribution in [0.1, 0.15) is 27.2 Å². The second kappa shape index (κ2) is 2.60. The fraction of sp³-hybridized carbons (Fsp3) is 0.875. The number of ether oxygens (including phenoxy) is 1. The largest absolute Gasteiger partial charge is 0.462 e. The zero-order valence-corrected chi connectivity index (χ0v) is 6.76. The van der Waals surface area contributed by atoms with Gasteiger partial charge in [-0.05, 0) is 19.3 Å². The van der Waals surface area contributed by atoms with Crippen molar-refractivity contribution in [2.24, 2.45) is 11.8 Å². The smallest absolute Gasteiger partial charge is 0.309 e. The summed E-state index contributed by atoms with van der Waals surface area (Å²) in [7, 11) is 0. The summed E-state index contributed by atoms with van der Waals surface area (Å²) in [6.45, 7) is 6.06. The van der Waals surface area contributed by atoms with Crippen molar-refractivity contribution in [3.8, 4) is 0 Å². The highest BCUT2D eigenvalue weighted by molar-refractivity contribution is 5.74. The number of esters is 1. The third kappa shape index (κ3) is 1.31. The van der Waals surface area contributed by atoms with Crippen molar-refractivity contribution in [1.82, 2.24) is 0 Å². The van der Waals surface area contributed by atoms with Gasteiger partial charge < -0.3 is 4.74 Å². The van der Waals surface area contributed by atoms with Crippen LogP contribution in [0.3, 0.4) is 0 Å². The van der Waals surface area contributed by atoms with Crippen molar-refractivity contribution in [1.29, 1.82) is 0 Å². The lowest BCUT2D eigenvalue weighted by molar-refractivity contribution is -0.144. The number of hydrogen-bond acceptors (Lipinski definition) is 2. The maximum absolute atomic E-state index is 11.0. The van der Waals surface area contributed by atoms with E-state index < -0.39 is 0 Å². The number of carbonyl (C=O) groups excluding carboxylic acids is 1. The van der Waals surface area contributed by atoms with E-state index in [1.807, 2.05) is 6.92 Å². The van der Waals surface area contributed by atoms with Crippen molar-refractivity contribution in [2.75, 3.05) is 0 Å². The molecule has 0 aromatic heterocycles. The average Bonchev–Trinajstić information content (AvgIpc) is 2.10. The third-order valence-corrected chi connectivity index (χ3v) is 2.01. The first-order chi connectivity index (χ1) is 4.61. The molecule has 0 aliphatic carbocycles. The van der Waals surface area contributed by atoms with Crippen LogP contribution in [0.15, 0.2) is 0 Å². The second-order valence-corrected chi connectivity index (χ2v) is 3.33. The van der Waals surface area contributed by atoms with E-state index in [0.717, 1.165) is 6.42 Å². The van der Waals surface area contributed by atoms with Gasteiger partial charge in [0, 0.05) is 0 Å². The van der Waals surface area contributed by atoms with E-state index in [1.165, 1.54) is 0 Å². The summed E-state index contributed by atoms with van der Waals surface area (Å²) in [6.07, 6.45) is 1.04. The molecular weight excluding hydrogens is 128 g/mol. The van der Waals surface area contributed by atoms with E-state index in [0.29, 0.717) is 5.92 Å². The molecule has 2 unspecified atom stereocenters. The summed E-state index contributed by atoms with van der Waals surface area (Å²) in [6, 6.07) is 0. The van der Waals surface area contributed by atoms with Gasteiger partial charge in [-0.2, -0.15) is 0 Å². The van der Waals surface area contributed by atoms with Crippen LogP contribution >= 0.6 is 0 Å². The Kier molecular flexibility index (Phi) is 1.97. The summed E-state index contributed by atoms with van der Waals surface area (Å²) >= 11 is 0. The van der Waals surface area contributed by atoms with E-state index in [4.69, 9.17) is 4.74 Å². The lowest BCUT2D eigenvalue weighted by Gasteiger charge is -2.07. The lowest BCUT2D eigenvalue weighted by atomic mass is 9.93. The SMILES string of the molecule is CC1CC(C(C)C)C(=O)O1. The highest BCUT2D eigenvalue weighted by Gasteiger charge is 2.33. The number of hydrogen-bond donors (Lipinski definition) is 0. The van der Waals surface area contributed by atoms with Crippen molar-refractivity contribution >= 4 is 5.97 Å². The highest BCUT2D eigenvalue weighted by Crippen LogP contribution is 2.26. The van der Waals surface area contributed by atoms with Crippen LogP contribution in [-0.2, 0) is 9.53 Å². The summed E-state index contributed by atoms with van der Waals surface area (Å²) in [5.74, 6) is 0.565. The van der Waals surface area contributed by atoms with Crippen LogP contribution < -0.4 is 0 Å². The number of cyclic esters (lactones) is 1. The lowest BCUT2D eigenvalue weighted by Crippen LogP contribution is -2.13. The molecular formula is C8H14O2. The average molecular weight is 142 g/mol. The zero-order valence-electron chi connectivity index (χ0n) is 6.76. The van der Waals surface area contributed by atoms with Gasteiger partial charge in [-0.3, -0.25) is 4.79 Å². The van der Waals surface area contributed by atoms with Crippen LogP contribution in [0.5, 0.6) is 0 Å². The van der Waals surface area contributed by atoms with Gasteiger partial charge in [0.05, 0.1) is 12.0 Å². The molecule has 1 aliphatic rings. The minimum absolute atomic E-state index is 0.0116. The van der Waals surface area contributed by atoms with Crippen LogP contribution in [0, 0.1) is 11.8 Å². The Balaban J connectivity index is 2.55. The van der Waals surface area contributed by atoms with E-state index in [9.17, 15) is 4.79 Å².